The van der Waals surface area contributed by atoms with Crippen LogP contribution >= 0.6 is 0 Å². The van der Waals surface area contributed by atoms with Crippen molar-refractivity contribution >= 4 is 17.9 Å². The molecular formula is C19H42ClN7O9. The highest BCUT2D eigenvalue weighted by atomic mass is 35.5. The molecule has 3 atom stereocenters. The van der Waals surface area contributed by atoms with E-state index in [0.29, 0.717) is 19.6 Å². The minimum absolute atomic E-state index is 0. The maximum Gasteiger partial charge on any atom is 0.323 e. The molecule has 16 nitrogen and oxygen atoms in total. The summed E-state index contributed by atoms with van der Waals surface area (Å²) in [5.74, 6) is 13.0. The number of quaternary nitrogens is 1. The molecule has 0 radical (unpaired) electrons. The second kappa shape index (κ2) is 21.4. The van der Waals surface area contributed by atoms with Gasteiger partial charge in [0, 0.05) is 0 Å². The fourth-order valence-corrected chi connectivity index (χ4v) is 2.69. The molecule has 0 saturated heterocycles. The third-order valence-corrected chi connectivity index (χ3v) is 5.17. The van der Waals surface area contributed by atoms with Gasteiger partial charge in [-0.05, 0) is 19.3 Å². The minimum Gasteiger partial charge on any atom is -1.00 e. The first kappa shape index (κ1) is 36.5. The zero-order valence-corrected chi connectivity index (χ0v) is 21.4. The molecule has 17 heteroatoms. The second-order valence-corrected chi connectivity index (χ2v) is 8.09. The van der Waals surface area contributed by atoms with E-state index in [2.05, 4.69) is 14.5 Å². The Bertz CT molecular complexity index is 543. The highest BCUT2D eigenvalue weighted by Crippen LogP contribution is 2.05. The molecule has 0 bridgehead atoms. The summed E-state index contributed by atoms with van der Waals surface area (Å²) < 4.78 is 15.9. The molecule has 0 amide bonds. The van der Waals surface area contributed by atoms with Crippen LogP contribution in [-0.4, -0.2) is 107 Å². The molecule has 0 aliphatic carbocycles. The van der Waals surface area contributed by atoms with Crippen LogP contribution in [0.5, 0.6) is 0 Å². The molecule has 0 fully saturated rings. The molecule has 214 valence electrons. The summed E-state index contributed by atoms with van der Waals surface area (Å²) in [6, 6.07) is -2.63. The third-order valence-electron chi connectivity index (χ3n) is 5.17. The Hall–Kier alpha value is -1.70. The van der Waals surface area contributed by atoms with Gasteiger partial charge in [-0.3, -0.25) is 14.4 Å². The molecule has 0 aliphatic heterocycles. The lowest BCUT2D eigenvalue weighted by atomic mass is 10.2. The average molecular weight is 548 g/mol. The van der Waals surface area contributed by atoms with Gasteiger partial charge in [0.2, 0.25) is 0 Å². The van der Waals surface area contributed by atoms with Gasteiger partial charge >= 0.3 is 17.9 Å². The van der Waals surface area contributed by atoms with Crippen LogP contribution in [0.1, 0.15) is 19.3 Å². The summed E-state index contributed by atoms with van der Waals surface area (Å²) in [5, 5.41) is 0. The SMILES string of the molecule is C[N+](CCOC(=O)[C@@H](N)CCON)(CCOC(=O)[C@@H](N)CCON)CCOC(=O)[C@@H](N)CCON.[Cl-]. The average Bonchev–Trinajstić information content (AvgIpc) is 2.83. The molecule has 0 aromatic carbocycles. The van der Waals surface area contributed by atoms with Gasteiger partial charge in [0.05, 0.1) is 26.9 Å². The number of halogens is 1. The van der Waals surface area contributed by atoms with Crippen LogP contribution in [0.2, 0.25) is 0 Å². The second-order valence-electron chi connectivity index (χ2n) is 8.09. The van der Waals surface area contributed by atoms with Gasteiger partial charge in [-0.1, -0.05) is 0 Å². The van der Waals surface area contributed by atoms with Gasteiger partial charge in [-0.25, -0.2) is 17.7 Å². The van der Waals surface area contributed by atoms with Crippen molar-refractivity contribution in [3.63, 3.8) is 0 Å². The zero-order chi connectivity index (χ0) is 26.7. The summed E-state index contributed by atoms with van der Waals surface area (Å²) in [5.41, 5.74) is 17.2. The first-order valence-electron chi connectivity index (χ1n) is 11.2. The third kappa shape index (κ3) is 16.9. The summed E-state index contributed by atoms with van der Waals surface area (Å²) in [7, 11) is 1.82. The Morgan fingerprint density at radius 1 is 0.583 bits per heavy atom. The standard InChI is InChI=1S/C19H42N7O9.ClH/c1-26(5-11-30-17(27)14(20)2-8-33-23,6-12-31-18(28)15(21)3-9-34-24)7-13-32-19(29)16(22)4-10-35-25;/h14-16H,2-13,20-25H2,1H3;1H/q+1;/p-1/t14-,15-,16-;/m0./s1. The summed E-state index contributed by atoms with van der Waals surface area (Å²) in [6.45, 7) is 1.36. The van der Waals surface area contributed by atoms with E-state index >= 15 is 0 Å². The van der Waals surface area contributed by atoms with Crippen molar-refractivity contribution in [2.75, 3.05) is 66.3 Å². The smallest absolute Gasteiger partial charge is 0.323 e. The van der Waals surface area contributed by atoms with Crippen LogP contribution in [0.4, 0.5) is 0 Å². The van der Waals surface area contributed by atoms with E-state index in [1.807, 2.05) is 7.05 Å². The van der Waals surface area contributed by atoms with Gasteiger partial charge in [0.1, 0.15) is 57.6 Å². The molecule has 0 heterocycles. The Morgan fingerprint density at radius 2 is 0.833 bits per heavy atom. The Kier molecular flexibility index (Phi) is 21.7. The molecule has 0 saturated carbocycles. The maximum absolute atomic E-state index is 12.0. The van der Waals surface area contributed by atoms with Crippen LogP contribution in [0.3, 0.4) is 0 Å². The lowest BCUT2D eigenvalue weighted by Gasteiger charge is -2.34. The van der Waals surface area contributed by atoms with Crippen LogP contribution in [-0.2, 0) is 43.1 Å². The maximum atomic E-state index is 12.0. The molecule has 0 aliphatic rings. The monoisotopic (exact) mass is 547 g/mol. The molecule has 0 rings (SSSR count). The number of hydrogen-bond donors (Lipinski definition) is 6. The van der Waals surface area contributed by atoms with Crippen molar-refractivity contribution in [3.8, 4) is 0 Å². The summed E-state index contributed by atoms with van der Waals surface area (Å²) in [4.78, 5) is 49.2. The lowest BCUT2D eigenvalue weighted by Crippen LogP contribution is -3.00. The molecule has 0 aromatic rings. The van der Waals surface area contributed by atoms with Gasteiger partial charge in [0.15, 0.2) is 0 Å². The van der Waals surface area contributed by atoms with Crippen LogP contribution in [0.15, 0.2) is 0 Å². The lowest BCUT2D eigenvalue weighted by molar-refractivity contribution is -0.910. The van der Waals surface area contributed by atoms with Gasteiger partial charge < -0.3 is 62.8 Å². The van der Waals surface area contributed by atoms with Crippen molar-refractivity contribution in [1.29, 1.82) is 0 Å². The number of esters is 3. The van der Waals surface area contributed by atoms with Crippen LogP contribution < -0.4 is 47.3 Å². The van der Waals surface area contributed by atoms with Gasteiger partial charge in [-0.2, -0.15) is 0 Å². The van der Waals surface area contributed by atoms with Crippen molar-refractivity contribution in [3.05, 3.63) is 0 Å². The number of carbonyl (C=O) groups is 3. The quantitative estimate of drug-likeness (QED) is 0.0337. The van der Waals surface area contributed by atoms with Crippen LogP contribution in [0.25, 0.3) is 0 Å². The fourth-order valence-electron chi connectivity index (χ4n) is 2.69. The first-order chi connectivity index (χ1) is 16.6. The van der Waals surface area contributed by atoms with E-state index in [9.17, 15) is 14.4 Å². The van der Waals surface area contributed by atoms with E-state index in [4.69, 9.17) is 49.1 Å². The minimum atomic E-state index is -0.878. The van der Waals surface area contributed by atoms with E-state index in [-0.39, 0.29) is 75.8 Å². The number of nitrogens with zero attached hydrogens (tertiary/aromatic N) is 1. The van der Waals surface area contributed by atoms with E-state index in [0.717, 1.165) is 0 Å². The van der Waals surface area contributed by atoms with Crippen molar-refractivity contribution in [1.82, 2.24) is 0 Å². The Morgan fingerprint density at radius 3 is 1.06 bits per heavy atom. The number of nitrogens with two attached hydrogens (primary N) is 6. The molecule has 0 aromatic heterocycles. The molecular weight excluding hydrogens is 506 g/mol. The number of rotatable bonds is 21. The predicted octanol–water partition coefficient (Wildman–Crippen LogP) is -7.11. The molecule has 12 N–H and O–H groups in total. The highest BCUT2D eigenvalue weighted by Gasteiger charge is 2.26. The highest BCUT2D eigenvalue weighted by molar-refractivity contribution is 5.76. The summed E-state index contributed by atoms with van der Waals surface area (Å²) >= 11 is 0. The zero-order valence-electron chi connectivity index (χ0n) is 20.7. The molecule has 36 heavy (non-hydrogen) atoms. The van der Waals surface area contributed by atoms with Crippen molar-refractivity contribution in [2.24, 2.45) is 34.9 Å². The number of ether oxygens (including phenoxy) is 3. The summed E-state index contributed by atoms with van der Waals surface area (Å²) in [6.07, 6.45) is 0.620. The number of hydrogen-bond acceptors (Lipinski definition) is 15. The van der Waals surface area contributed by atoms with Crippen LogP contribution in [0, 0.1) is 0 Å². The van der Waals surface area contributed by atoms with Gasteiger partial charge in [-0.15, -0.1) is 0 Å². The normalized spacial score (nSPS) is 13.8. The van der Waals surface area contributed by atoms with Gasteiger partial charge in [0.25, 0.3) is 0 Å². The molecule has 0 unspecified atom stereocenters. The Balaban J connectivity index is 0. The fraction of sp³-hybridized carbons (Fsp3) is 0.842. The number of likely N-dealkylation sites (N-methyl/N-ethyl adjacent to an activating group) is 1. The van der Waals surface area contributed by atoms with E-state index in [1.165, 1.54) is 0 Å². The van der Waals surface area contributed by atoms with E-state index < -0.39 is 36.0 Å². The predicted molar refractivity (Wildman–Crippen MR) is 122 cm³/mol. The van der Waals surface area contributed by atoms with E-state index in [1.54, 1.807) is 0 Å². The van der Waals surface area contributed by atoms with Crippen molar-refractivity contribution in [2.45, 2.75) is 37.4 Å². The Labute approximate surface area is 216 Å². The first-order valence-corrected chi connectivity index (χ1v) is 11.2. The number of carbonyl (C=O) groups excluding carboxylic acids is 3. The topological polar surface area (TPSA) is 263 Å². The molecule has 0 spiro atoms. The van der Waals surface area contributed by atoms with Crippen molar-refractivity contribution < 1.29 is 60.0 Å². The largest absolute Gasteiger partial charge is 1.00 e.